The zero-order valence-corrected chi connectivity index (χ0v) is 9.18. The Morgan fingerprint density at radius 3 is 2.71 bits per heavy atom. The molecule has 2 rings (SSSR count). The summed E-state index contributed by atoms with van der Waals surface area (Å²) in [5.74, 6) is 0.947. The lowest BCUT2D eigenvalue weighted by atomic mass is 9.94. The number of hydrogen-bond donors (Lipinski definition) is 0. The number of benzene rings is 1. The molecule has 0 aromatic heterocycles. The number of aryl methyl sites for hydroxylation is 1. The first-order valence-electron chi connectivity index (χ1n) is 4.86. The van der Waals surface area contributed by atoms with Gasteiger partial charge in [0.15, 0.2) is 0 Å². The maximum Gasteiger partial charge on any atom is 0.122 e. The third-order valence-electron chi connectivity index (χ3n) is 2.86. The molecule has 2 nitrogen and oxygen atoms in total. The number of fused-ring (bicyclic) bond motifs is 1. The summed E-state index contributed by atoms with van der Waals surface area (Å²) in [6.45, 7) is 6.96. The van der Waals surface area contributed by atoms with Crippen LogP contribution in [0.1, 0.15) is 30.5 Å². The zero-order chi connectivity index (χ0) is 10.3. The second kappa shape index (κ2) is 2.99. The van der Waals surface area contributed by atoms with Gasteiger partial charge < -0.3 is 9.47 Å². The Morgan fingerprint density at radius 1 is 1.36 bits per heavy atom. The molecule has 0 saturated heterocycles. The van der Waals surface area contributed by atoms with Crippen LogP contribution in [0.4, 0.5) is 0 Å². The van der Waals surface area contributed by atoms with Crippen LogP contribution in [-0.4, -0.2) is 7.11 Å². The van der Waals surface area contributed by atoms with Crippen molar-refractivity contribution < 1.29 is 9.47 Å². The minimum Gasteiger partial charge on any atom is -0.496 e. The van der Waals surface area contributed by atoms with Crippen LogP contribution in [-0.2, 0) is 16.9 Å². The maximum absolute atomic E-state index is 5.71. The van der Waals surface area contributed by atoms with Crippen LogP contribution < -0.4 is 4.74 Å². The van der Waals surface area contributed by atoms with E-state index in [0.717, 1.165) is 5.75 Å². The summed E-state index contributed by atoms with van der Waals surface area (Å²) in [5.41, 5.74) is 3.54. The van der Waals surface area contributed by atoms with Crippen molar-refractivity contribution in [1.82, 2.24) is 0 Å². The molecule has 1 heterocycles. The first kappa shape index (κ1) is 9.53. The summed E-state index contributed by atoms with van der Waals surface area (Å²) in [7, 11) is 1.71. The SMILES string of the molecule is COc1cc2c(cc1C)COC2(C)C. The van der Waals surface area contributed by atoms with Crippen LogP contribution in [0.25, 0.3) is 0 Å². The zero-order valence-electron chi connectivity index (χ0n) is 9.18. The van der Waals surface area contributed by atoms with Gasteiger partial charge in [-0.25, -0.2) is 0 Å². The van der Waals surface area contributed by atoms with Crippen LogP contribution in [0.15, 0.2) is 12.1 Å². The van der Waals surface area contributed by atoms with Gasteiger partial charge in [-0.15, -0.1) is 0 Å². The molecule has 0 unspecified atom stereocenters. The Morgan fingerprint density at radius 2 is 2.07 bits per heavy atom. The van der Waals surface area contributed by atoms with Gasteiger partial charge in [0, 0.05) is 0 Å². The van der Waals surface area contributed by atoms with E-state index in [1.807, 2.05) is 0 Å². The van der Waals surface area contributed by atoms with Crippen molar-refractivity contribution in [3.63, 3.8) is 0 Å². The van der Waals surface area contributed by atoms with Crippen LogP contribution >= 0.6 is 0 Å². The number of hydrogen-bond acceptors (Lipinski definition) is 2. The van der Waals surface area contributed by atoms with E-state index in [1.165, 1.54) is 16.7 Å². The van der Waals surface area contributed by atoms with E-state index in [4.69, 9.17) is 9.47 Å². The quantitative estimate of drug-likeness (QED) is 0.681. The number of rotatable bonds is 1. The van der Waals surface area contributed by atoms with Crippen molar-refractivity contribution in [3.8, 4) is 5.75 Å². The molecule has 0 atom stereocenters. The van der Waals surface area contributed by atoms with Crippen LogP contribution in [0.2, 0.25) is 0 Å². The maximum atomic E-state index is 5.71. The van der Waals surface area contributed by atoms with Crippen molar-refractivity contribution in [2.45, 2.75) is 33.0 Å². The summed E-state index contributed by atoms with van der Waals surface area (Å²) in [5, 5.41) is 0. The van der Waals surface area contributed by atoms with Gasteiger partial charge in [0.1, 0.15) is 5.75 Å². The van der Waals surface area contributed by atoms with Crippen molar-refractivity contribution in [2.75, 3.05) is 7.11 Å². The van der Waals surface area contributed by atoms with Gasteiger partial charge in [0.25, 0.3) is 0 Å². The average molecular weight is 192 g/mol. The lowest BCUT2D eigenvalue weighted by Gasteiger charge is -2.19. The molecule has 1 aliphatic rings. The molecule has 0 spiro atoms. The van der Waals surface area contributed by atoms with E-state index >= 15 is 0 Å². The fourth-order valence-corrected chi connectivity index (χ4v) is 1.98. The monoisotopic (exact) mass is 192 g/mol. The Labute approximate surface area is 84.8 Å². The molecule has 0 N–H and O–H groups in total. The van der Waals surface area contributed by atoms with E-state index in [1.54, 1.807) is 7.11 Å². The predicted molar refractivity (Wildman–Crippen MR) is 55.5 cm³/mol. The van der Waals surface area contributed by atoms with E-state index in [0.29, 0.717) is 6.61 Å². The third kappa shape index (κ3) is 1.30. The lowest BCUT2D eigenvalue weighted by molar-refractivity contribution is -0.00795. The third-order valence-corrected chi connectivity index (χ3v) is 2.86. The molecule has 0 saturated carbocycles. The van der Waals surface area contributed by atoms with Crippen molar-refractivity contribution in [2.24, 2.45) is 0 Å². The highest BCUT2D eigenvalue weighted by Crippen LogP contribution is 2.38. The van der Waals surface area contributed by atoms with Crippen LogP contribution in [0.5, 0.6) is 5.75 Å². The predicted octanol–water partition coefficient (Wildman–Crippen LogP) is 2.77. The molecule has 0 aliphatic carbocycles. The molecule has 2 heteroatoms. The van der Waals surface area contributed by atoms with Gasteiger partial charge in [0.05, 0.1) is 19.3 Å². The van der Waals surface area contributed by atoms with Crippen LogP contribution in [0, 0.1) is 6.92 Å². The highest BCUT2D eigenvalue weighted by atomic mass is 16.5. The number of methoxy groups -OCH3 is 1. The standard InChI is InChI=1S/C12H16O2/c1-8-5-9-7-14-12(2,3)10(9)6-11(8)13-4/h5-6H,7H2,1-4H3. The molecule has 1 aromatic carbocycles. The fourth-order valence-electron chi connectivity index (χ4n) is 1.98. The minimum absolute atomic E-state index is 0.170. The smallest absolute Gasteiger partial charge is 0.122 e. The average Bonchev–Trinajstić information content (AvgIpc) is 2.41. The second-order valence-electron chi connectivity index (χ2n) is 4.28. The molecule has 76 valence electrons. The molecule has 0 amide bonds. The van der Waals surface area contributed by atoms with Gasteiger partial charge in [-0.3, -0.25) is 0 Å². The molecule has 0 fully saturated rings. The van der Waals surface area contributed by atoms with Gasteiger partial charge in [-0.1, -0.05) is 0 Å². The van der Waals surface area contributed by atoms with E-state index < -0.39 is 0 Å². The first-order valence-corrected chi connectivity index (χ1v) is 4.86. The van der Waals surface area contributed by atoms with Crippen molar-refractivity contribution >= 4 is 0 Å². The largest absolute Gasteiger partial charge is 0.496 e. The van der Waals surface area contributed by atoms with Crippen molar-refractivity contribution in [3.05, 3.63) is 28.8 Å². The van der Waals surface area contributed by atoms with E-state index in [2.05, 4.69) is 32.9 Å². The normalized spacial score (nSPS) is 18.0. The summed E-state index contributed by atoms with van der Waals surface area (Å²) in [6, 6.07) is 4.25. The molecular formula is C12H16O2. The molecule has 0 radical (unpaired) electrons. The van der Waals surface area contributed by atoms with E-state index in [9.17, 15) is 0 Å². The number of ether oxygens (including phenoxy) is 2. The summed E-state index contributed by atoms with van der Waals surface area (Å²) in [4.78, 5) is 0. The summed E-state index contributed by atoms with van der Waals surface area (Å²) < 4.78 is 11.0. The van der Waals surface area contributed by atoms with E-state index in [-0.39, 0.29) is 5.60 Å². The summed E-state index contributed by atoms with van der Waals surface area (Å²) >= 11 is 0. The Bertz CT molecular complexity index is 367. The van der Waals surface area contributed by atoms with Gasteiger partial charge in [-0.2, -0.15) is 0 Å². The Kier molecular flexibility index (Phi) is 2.04. The fraction of sp³-hybridized carbons (Fsp3) is 0.500. The van der Waals surface area contributed by atoms with Crippen LogP contribution in [0.3, 0.4) is 0 Å². The first-order chi connectivity index (χ1) is 6.54. The molecular weight excluding hydrogens is 176 g/mol. The summed E-state index contributed by atoms with van der Waals surface area (Å²) in [6.07, 6.45) is 0. The molecule has 1 aromatic rings. The molecule has 0 bridgehead atoms. The Hall–Kier alpha value is -1.02. The Balaban J connectivity index is 2.56. The lowest BCUT2D eigenvalue weighted by Crippen LogP contribution is -2.14. The second-order valence-corrected chi connectivity index (χ2v) is 4.28. The van der Waals surface area contributed by atoms with Crippen molar-refractivity contribution in [1.29, 1.82) is 0 Å². The molecule has 1 aliphatic heterocycles. The van der Waals surface area contributed by atoms with Gasteiger partial charge in [-0.05, 0) is 49.6 Å². The molecule has 14 heavy (non-hydrogen) atoms. The highest BCUT2D eigenvalue weighted by molar-refractivity contribution is 5.45. The topological polar surface area (TPSA) is 18.5 Å². The minimum atomic E-state index is -0.170. The van der Waals surface area contributed by atoms with Gasteiger partial charge in [0.2, 0.25) is 0 Å². The van der Waals surface area contributed by atoms with Gasteiger partial charge >= 0.3 is 0 Å². The highest BCUT2D eigenvalue weighted by Gasteiger charge is 2.31.